The fourth-order valence-corrected chi connectivity index (χ4v) is 1.84. The summed E-state index contributed by atoms with van der Waals surface area (Å²) in [5, 5.41) is 2.55. The number of rotatable bonds is 5. The maximum absolute atomic E-state index is 11.9. The van der Waals surface area contributed by atoms with E-state index in [0.717, 1.165) is 12.8 Å². The summed E-state index contributed by atoms with van der Waals surface area (Å²) in [5.74, 6) is -2.54. The number of imide groups is 1. The highest BCUT2D eigenvalue weighted by molar-refractivity contribution is 6.23. The molecule has 0 aromatic heterocycles. The summed E-state index contributed by atoms with van der Waals surface area (Å²) in [6, 6.07) is -2.29. The van der Waals surface area contributed by atoms with Crippen molar-refractivity contribution in [1.29, 1.82) is 0 Å². The number of ketones is 1. The van der Waals surface area contributed by atoms with Gasteiger partial charge in [-0.3, -0.25) is 24.1 Å². The van der Waals surface area contributed by atoms with E-state index >= 15 is 0 Å². The predicted octanol–water partition coefficient (Wildman–Crippen LogP) is -1.05. The molecule has 1 heterocycles. The minimum absolute atomic E-state index is 0.410. The molecule has 1 saturated heterocycles. The average molecular weight is 269 g/mol. The van der Waals surface area contributed by atoms with Crippen molar-refractivity contribution >= 4 is 23.5 Å². The van der Waals surface area contributed by atoms with Crippen LogP contribution in [0.4, 0.5) is 0 Å². The third-order valence-electron chi connectivity index (χ3n) is 2.86. The van der Waals surface area contributed by atoms with Crippen molar-refractivity contribution in [2.75, 3.05) is 6.54 Å². The average Bonchev–Trinajstić information content (AvgIpc) is 2.63. The van der Waals surface area contributed by atoms with Crippen molar-refractivity contribution in [3.63, 3.8) is 0 Å². The van der Waals surface area contributed by atoms with Gasteiger partial charge in [0.15, 0.2) is 11.8 Å². The molecule has 1 aliphatic rings. The first-order valence-corrected chi connectivity index (χ1v) is 6.32. The van der Waals surface area contributed by atoms with E-state index in [1.165, 1.54) is 6.92 Å². The lowest BCUT2D eigenvalue weighted by Crippen LogP contribution is -2.53. The monoisotopic (exact) mass is 269 g/mol. The van der Waals surface area contributed by atoms with Crippen LogP contribution < -0.4 is 11.1 Å². The molecule has 106 valence electrons. The number of likely N-dealkylation sites (tertiary alicyclic amines) is 1. The van der Waals surface area contributed by atoms with E-state index in [4.69, 9.17) is 5.73 Å². The highest BCUT2D eigenvalue weighted by Gasteiger charge is 2.47. The second-order valence-corrected chi connectivity index (χ2v) is 4.58. The summed E-state index contributed by atoms with van der Waals surface area (Å²) in [5.41, 5.74) is 5.42. The molecular formula is C12H19N3O4. The Bertz CT molecular complexity index is 406. The highest BCUT2D eigenvalue weighted by Crippen LogP contribution is 2.16. The van der Waals surface area contributed by atoms with Crippen LogP contribution in [0.3, 0.4) is 0 Å². The van der Waals surface area contributed by atoms with Crippen LogP contribution in [0, 0.1) is 0 Å². The van der Waals surface area contributed by atoms with Crippen molar-refractivity contribution in [3.05, 3.63) is 0 Å². The lowest BCUT2D eigenvalue weighted by Gasteiger charge is -2.22. The maximum atomic E-state index is 11.9. The Morgan fingerprint density at radius 2 is 2.11 bits per heavy atom. The summed E-state index contributed by atoms with van der Waals surface area (Å²) >= 11 is 0. The molecule has 0 bridgehead atoms. The number of hydrogen-bond acceptors (Lipinski definition) is 5. The largest absolute Gasteiger partial charge is 0.354 e. The van der Waals surface area contributed by atoms with E-state index in [1.54, 1.807) is 0 Å². The van der Waals surface area contributed by atoms with Gasteiger partial charge in [-0.2, -0.15) is 0 Å². The van der Waals surface area contributed by atoms with Crippen LogP contribution in [0.15, 0.2) is 0 Å². The standard InChI is InChI=1S/C12H19N3O4/c1-3-4-5-14-11(18)10-8(16)6-9(17)15(10)12(19)7(2)13/h7,10H,3-6,13H2,1-2H3,(H,14,18)/t7-,10-/m0/s1. The van der Waals surface area contributed by atoms with Crippen LogP contribution in [0.1, 0.15) is 33.1 Å². The quantitative estimate of drug-likeness (QED) is 0.488. The first-order valence-electron chi connectivity index (χ1n) is 6.32. The molecule has 3 N–H and O–H groups in total. The van der Waals surface area contributed by atoms with Gasteiger partial charge >= 0.3 is 0 Å². The van der Waals surface area contributed by atoms with Gasteiger partial charge in [0.05, 0.1) is 12.5 Å². The first kappa shape index (κ1) is 15.3. The smallest absolute Gasteiger partial charge is 0.251 e. The van der Waals surface area contributed by atoms with Gasteiger partial charge in [0.1, 0.15) is 0 Å². The van der Waals surface area contributed by atoms with Gasteiger partial charge in [-0.1, -0.05) is 13.3 Å². The zero-order valence-electron chi connectivity index (χ0n) is 11.1. The fourth-order valence-electron chi connectivity index (χ4n) is 1.84. The normalized spacial score (nSPS) is 20.6. The van der Waals surface area contributed by atoms with Crippen molar-refractivity contribution < 1.29 is 19.2 Å². The molecule has 2 atom stereocenters. The van der Waals surface area contributed by atoms with Crippen LogP contribution in [0.25, 0.3) is 0 Å². The molecule has 0 aromatic carbocycles. The molecule has 1 rings (SSSR count). The van der Waals surface area contributed by atoms with Gasteiger partial charge in [0.2, 0.25) is 11.8 Å². The Balaban J connectivity index is 2.82. The number of nitrogens with zero attached hydrogens (tertiary/aromatic N) is 1. The Morgan fingerprint density at radius 1 is 1.47 bits per heavy atom. The number of carbonyl (C=O) groups is 4. The molecular weight excluding hydrogens is 250 g/mol. The van der Waals surface area contributed by atoms with E-state index in [9.17, 15) is 19.2 Å². The Hall–Kier alpha value is -1.76. The van der Waals surface area contributed by atoms with Gasteiger partial charge in [-0.05, 0) is 13.3 Å². The number of hydrogen-bond donors (Lipinski definition) is 2. The molecule has 0 aliphatic carbocycles. The lowest BCUT2D eigenvalue weighted by molar-refractivity contribution is -0.149. The van der Waals surface area contributed by atoms with Gasteiger partial charge in [0, 0.05) is 6.54 Å². The number of nitrogens with one attached hydrogen (secondary N) is 1. The molecule has 0 unspecified atom stereocenters. The fraction of sp³-hybridized carbons (Fsp3) is 0.667. The lowest BCUT2D eigenvalue weighted by atomic mass is 10.1. The molecule has 0 spiro atoms. The minimum atomic E-state index is -1.36. The van der Waals surface area contributed by atoms with Gasteiger partial charge in [-0.15, -0.1) is 0 Å². The molecule has 1 aliphatic heterocycles. The summed E-state index contributed by atoms with van der Waals surface area (Å²) < 4.78 is 0. The third kappa shape index (κ3) is 3.37. The van der Waals surface area contributed by atoms with Crippen molar-refractivity contribution in [2.45, 2.75) is 45.2 Å². The molecule has 0 radical (unpaired) electrons. The topological polar surface area (TPSA) is 110 Å². The van der Waals surface area contributed by atoms with E-state index in [1.807, 2.05) is 6.92 Å². The number of nitrogens with two attached hydrogens (primary N) is 1. The third-order valence-corrected chi connectivity index (χ3v) is 2.86. The summed E-state index contributed by atoms with van der Waals surface area (Å²) in [4.78, 5) is 47.7. The van der Waals surface area contributed by atoms with Crippen molar-refractivity contribution in [2.24, 2.45) is 5.73 Å². The Labute approximate surface area is 111 Å². The van der Waals surface area contributed by atoms with Crippen LogP contribution in [0.5, 0.6) is 0 Å². The van der Waals surface area contributed by atoms with Crippen LogP contribution in [0.2, 0.25) is 0 Å². The zero-order chi connectivity index (χ0) is 14.6. The summed E-state index contributed by atoms with van der Waals surface area (Å²) in [7, 11) is 0. The Kier molecular flexibility index (Phi) is 5.17. The molecule has 7 nitrogen and oxygen atoms in total. The molecule has 1 fully saturated rings. The number of amides is 3. The molecule has 0 aromatic rings. The number of carbonyl (C=O) groups excluding carboxylic acids is 4. The van der Waals surface area contributed by atoms with E-state index in [2.05, 4.69) is 5.32 Å². The molecule has 7 heteroatoms. The first-order chi connectivity index (χ1) is 8.90. The number of Topliss-reactive ketones (excluding diaryl/α,β-unsaturated/α-hetero) is 1. The number of unbranched alkanes of at least 4 members (excludes halogenated alkanes) is 1. The molecule has 0 saturated carbocycles. The second-order valence-electron chi connectivity index (χ2n) is 4.58. The van der Waals surface area contributed by atoms with Gasteiger partial charge in [-0.25, -0.2) is 0 Å². The van der Waals surface area contributed by atoms with E-state index in [-0.39, 0.29) is 0 Å². The molecule has 19 heavy (non-hydrogen) atoms. The summed E-state index contributed by atoms with van der Waals surface area (Å²) in [6.45, 7) is 3.78. The van der Waals surface area contributed by atoms with Crippen LogP contribution in [-0.2, 0) is 19.2 Å². The summed E-state index contributed by atoms with van der Waals surface area (Å²) in [6.07, 6.45) is 1.23. The van der Waals surface area contributed by atoms with E-state index in [0.29, 0.717) is 11.4 Å². The van der Waals surface area contributed by atoms with Gasteiger partial charge in [0.25, 0.3) is 5.91 Å². The SMILES string of the molecule is CCCCNC(=O)[C@@H]1C(=O)CC(=O)N1C(=O)[C@H](C)N. The van der Waals surface area contributed by atoms with Crippen LogP contribution >= 0.6 is 0 Å². The second kappa shape index (κ2) is 6.42. The van der Waals surface area contributed by atoms with Crippen molar-refractivity contribution in [3.8, 4) is 0 Å². The van der Waals surface area contributed by atoms with Crippen molar-refractivity contribution in [1.82, 2.24) is 10.2 Å². The zero-order valence-corrected chi connectivity index (χ0v) is 11.1. The predicted molar refractivity (Wildman–Crippen MR) is 66.8 cm³/mol. The minimum Gasteiger partial charge on any atom is -0.354 e. The Morgan fingerprint density at radius 3 is 2.63 bits per heavy atom. The molecule has 3 amide bonds. The van der Waals surface area contributed by atoms with Crippen LogP contribution in [-0.4, -0.2) is 47.0 Å². The van der Waals surface area contributed by atoms with Gasteiger partial charge < -0.3 is 11.1 Å². The van der Waals surface area contributed by atoms with E-state index < -0.39 is 42.0 Å². The maximum Gasteiger partial charge on any atom is 0.251 e. The highest BCUT2D eigenvalue weighted by atomic mass is 16.2.